The average molecular weight is 319 g/mol. The predicted molar refractivity (Wildman–Crippen MR) is 74.0 cm³/mol. The third kappa shape index (κ3) is 2.66. The largest absolute Gasteiger partial charge is 0.343 e. The quantitative estimate of drug-likeness (QED) is 0.852. The molecule has 0 saturated heterocycles. The van der Waals surface area contributed by atoms with Crippen molar-refractivity contribution in [2.45, 2.75) is 0 Å². The summed E-state index contributed by atoms with van der Waals surface area (Å²) < 4.78 is 2.35. The summed E-state index contributed by atoms with van der Waals surface area (Å²) in [6, 6.07) is 8.92. The van der Waals surface area contributed by atoms with E-state index in [0.717, 1.165) is 10.2 Å². The van der Waals surface area contributed by atoms with Crippen molar-refractivity contribution < 1.29 is 4.79 Å². The summed E-state index contributed by atoms with van der Waals surface area (Å²) >= 11 is 3.39. The molecule has 1 aromatic carbocycles. The van der Waals surface area contributed by atoms with Crippen molar-refractivity contribution in [3.8, 4) is 11.8 Å². The molecule has 0 spiro atoms. The summed E-state index contributed by atoms with van der Waals surface area (Å²) in [5, 5.41) is 13.0. The van der Waals surface area contributed by atoms with E-state index in [1.807, 2.05) is 0 Å². The fraction of sp³-hybridized carbons (Fsp3) is 0.154. The molecule has 0 saturated carbocycles. The fourth-order valence-corrected chi connectivity index (χ4v) is 2.12. The lowest BCUT2D eigenvalue weighted by Crippen LogP contribution is -2.22. The molecule has 0 aliphatic heterocycles. The Morgan fingerprint density at radius 2 is 2.16 bits per heavy atom. The molecular formula is C13H11BrN4O. The Morgan fingerprint density at radius 3 is 2.74 bits per heavy atom. The van der Waals surface area contributed by atoms with E-state index >= 15 is 0 Å². The maximum Gasteiger partial charge on any atom is 0.273 e. The minimum Gasteiger partial charge on any atom is -0.343 e. The molecule has 2 aromatic rings. The van der Waals surface area contributed by atoms with Gasteiger partial charge in [0, 0.05) is 24.8 Å². The summed E-state index contributed by atoms with van der Waals surface area (Å²) in [7, 11) is 3.36. The van der Waals surface area contributed by atoms with Gasteiger partial charge in [0.25, 0.3) is 5.91 Å². The van der Waals surface area contributed by atoms with Crippen LogP contribution in [-0.2, 0) is 0 Å². The first-order valence-electron chi connectivity index (χ1n) is 5.50. The zero-order valence-electron chi connectivity index (χ0n) is 10.5. The fourth-order valence-electron chi connectivity index (χ4n) is 1.56. The van der Waals surface area contributed by atoms with Gasteiger partial charge in [0.15, 0.2) is 5.69 Å². The molecule has 2 rings (SSSR count). The van der Waals surface area contributed by atoms with Crippen molar-refractivity contribution >= 4 is 21.8 Å². The number of benzene rings is 1. The molecule has 0 aliphatic rings. The van der Waals surface area contributed by atoms with Gasteiger partial charge in [-0.2, -0.15) is 10.4 Å². The third-order valence-corrected chi connectivity index (χ3v) is 3.17. The number of rotatable bonds is 2. The first-order valence-corrected chi connectivity index (χ1v) is 6.29. The number of hydrogen-bond acceptors (Lipinski definition) is 3. The van der Waals surface area contributed by atoms with Gasteiger partial charge in [-0.1, -0.05) is 0 Å². The minimum atomic E-state index is -0.150. The zero-order chi connectivity index (χ0) is 14.0. The van der Waals surface area contributed by atoms with Crippen LogP contribution < -0.4 is 0 Å². The van der Waals surface area contributed by atoms with E-state index in [0.29, 0.717) is 11.3 Å². The number of carbonyl (C=O) groups excluding carboxylic acids is 1. The lowest BCUT2D eigenvalue weighted by atomic mass is 10.2. The van der Waals surface area contributed by atoms with Crippen LogP contribution in [0.1, 0.15) is 16.1 Å². The Kier molecular flexibility index (Phi) is 3.67. The van der Waals surface area contributed by atoms with Crippen LogP contribution in [0, 0.1) is 11.3 Å². The maximum atomic E-state index is 11.8. The second-order valence-electron chi connectivity index (χ2n) is 4.12. The minimum absolute atomic E-state index is 0.150. The molecule has 1 aromatic heterocycles. The van der Waals surface area contributed by atoms with Gasteiger partial charge in [-0.05, 0) is 40.2 Å². The van der Waals surface area contributed by atoms with Crippen molar-refractivity contribution in [2.75, 3.05) is 14.1 Å². The summed E-state index contributed by atoms with van der Waals surface area (Å²) in [5.74, 6) is -0.150. The smallest absolute Gasteiger partial charge is 0.273 e. The van der Waals surface area contributed by atoms with Crippen LogP contribution >= 0.6 is 15.9 Å². The number of amides is 1. The SMILES string of the molecule is CN(C)C(=O)c1ccn(-c2ccc(C#N)cc2Br)n1. The molecule has 0 fully saturated rings. The summed E-state index contributed by atoms with van der Waals surface area (Å²) in [4.78, 5) is 13.2. The van der Waals surface area contributed by atoms with Gasteiger partial charge in [-0.3, -0.25) is 4.79 Å². The van der Waals surface area contributed by atoms with Gasteiger partial charge in [0.2, 0.25) is 0 Å². The Bertz CT molecular complexity index is 670. The molecule has 6 heteroatoms. The molecule has 0 atom stereocenters. The first kappa shape index (κ1) is 13.3. The highest BCUT2D eigenvalue weighted by atomic mass is 79.9. The highest BCUT2D eigenvalue weighted by Gasteiger charge is 2.13. The van der Waals surface area contributed by atoms with Crippen molar-refractivity contribution in [2.24, 2.45) is 0 Å². The molecular weight excluding hydrogens is 308 g/mol. The summed E-state index contributed by atoms with van der Waals surface area (Å²) in [6.07, 6.45) is 1.71. The van der Waals surface area contributed by atoms with Crippen molar-refractivity contribution in [1.29, 1.82) is 5.26 Å². The molecule has 96 valence electrons. The molecule has 1 amide bonds. The number of nitrogens with zero attached hydrogens (tertiary/aromatic N) is 4. The molecule has 0 unspecified atom stereocenters. The third-order valence-electron chi connectivity index (χ3n) is 2.54. The van der Waals surface area contributed by atoms with Crippen LogP contribution in [0.2, 0.25) is 0 Å². The van der Waals surface area contributed by atoms with Gasteiger partial charge in [-0.25, -0.2) is 4.68 Å². The molecule has 19 heavy (non-hydrogen) atoms. The summed E-state index contributed by atoms with van der Waals surface area (Å²) in [5.41, 5.74) is 1.71. The molecule has 5 nitrogen and oxygen atoms in total. The van der Waals surface area contributed by atoms with Gasteiger partial charge in [0.1, 0.15) is 0 Å². The number of hydrogen-bond donors (Lipinski definition) is 0. The maximum absolute atomic E-state index is 11.8. The van der Waals surface area contributed by atoms with E-state index in [1.54, 1.807) is 49.2 Å². The van der Waals surface area contributed by atoms with Gasteiger partial charge in [-0.15, -0.1) is 0 Å². The number of aromatic nitrogens is 2. The second kappa shape index (κ2) is 5.24. The Labute approximate surface area is 119 Å². The van der Waals surface area contributed by atoms with Crippen LogP contribution in [0.3, 0.4) is 0 Å². The number of halogens is 1. The highest BCUT2D eigenvalue weighted by Crippen LogP contribution is 2.22. The normalized spacial score (nSPS) is 10.0. The monoisotopic (exact) mass is 318 g/mol. The Balaban J connectivity index is 2.39. The van der Waals surface area contributed by atoms with Gasteiger partial charge in [0.05, 0.1) is 17.3 Å². The molecule has 1 heterocycles. The Hall–Kier alpha value is -2.13. The van der Waals surface area contributed by atoms with E-state index in [2.05, 4.69) is 27.1 Å². The second-order valence-corrected chi connectivity index (χ2v) is 4.98. The molecule has 0 aliphatic carbocycles. The van der Waals surface area contributed by atoms with Crippen molar-refractivity contribution in [3.63, 3.8) is 0 Å². The van der Waals surface area contributed by atoms with Crippen LogP contribution in [-0.4, -0.2) is 34.7 Å². The number of nitriles is 1. The van der Waals surface area contributed by atoms with Crippen LogP contribution in [0.4, 0.5) is 0 Å². The standard InChI is InChI=1S/C13H11BrN4O/c1-17(2)13(19)11-5-6-18(16-11)12-4-3-9(8-15)7-10(12)14/h3-7H,1-2H3. The van der Waals surface area contributed by atoms with Crippen LogP contribution in [0.15, 0.2) is 34.9 Å². The van der Waals surface area contributed by atoms with E-state index < -0.39 is 0 Å². The molecule has 0 radical (unpaired) electrons. The van der Waals surface area contributed by atoms with Gasteiger partial charge < -0.3 is 4.90 Å². The first-order chi connectivity index (χ1) is 9.02. The van der Waals surface area contributed by atoms with Crippen LogP contribution in [0.5, 0.6) is 0 Å². The van der Waals surface area contributed by atoms with E-state index in [9.17, 15) is 4.79 Å². The van der Waals surface area contributed by atoms with Gasteiger partial charge >= 0.3 is 0 Å². The van der Waals surface area contributed by atoms with Crippen molar-refractivity contribution in [1.82, 2.24) is 14.7 Å². The van der Waals surface area contributed by atoms with E-state index in [-0.39, 0.29) is 5.91 Å². The molecule has 0 bridgehead atoms. The number of carbonyl (C=O) groups is 1. The average Bonchev–Trinajstić information content (AvgIpc) is 2.86. The van der Waals surface area contributed by atoms with Crippen molar-refractivity contribution in [3.05, 3.63) is 46.2 Å². The van der Waals surface area contributed by atoms with E-state index in [1.165, 1.54) is 4.90 Å². The highest BCUT2D eigenvalue weighted by molar-refractivity contribution is 9.10. The summed E-state index contributed by atoms with van der Waals surface area (Å²) in [6.45, 7) is 0. The van der Waals surface area contributed by atoms with E-state index in [4.69, 9.17) is 5.26 Å². The topological polar surface area (TPSA) is 61.9 Å². The molecule has 0 N–H and O–H groups in total. The zero-order valence-corrected chi connectivity index (χ0v) is 12.0. The lowest BCUT2D eigenvalue weighted by molar-refractivity contribution is 0.0821. The van der Waals surface area contributed by atoms with Crippen LogP contribution in [0.25, 0.3) is 5.69 Å². The Morgan fingerprint density at radius 1 is 1.42 bits per heavy atom. The lowest BCUT2D eigenvalue weighted by Gasteiger charge is -2.07. The predicted octanol–water partition coefficient (Wildman–Crippen LogP) is 2.21.